The number of thiophene rings is 1. The number of fused-ring (bicyclic) bond motifs is 1. The van der Waals surface area contributed by atoms with Gasteiger partial charge < -0.3 is 10.6 Å². The molecule has 7 nitrogen and oxygen atoms in total. The van der Waals surface area contributed by atoms with Crippen LogP contribution in [-0.2, 0) is 10.2 Å². The molecule has 1 unspecified atom stereocenters. The third kappa shape index (κ3) is 4.12. The van der Waals surface area contributed by atoms with Gasteiger partial charge in [-0.3, -0.25) is 9.78 Å². The van der Waals surface area contributed by atoms with Crippen LogP contribution in [0.3, 0.4) is 0 Å². The van der Waals surface area contributed by atoms with Gasteiger partial charge in [-0.05, 0) is 41.5 Å². The standard InChI is InChI=1S/C26H26N6OS/c1-16-21(24(33)29-19-7-5-13-27-15-19)22(20-8-6-14-34-20)32-25(28-16)30-23(31-32)17-9-11-18(12-10-17)26(2,3)4/h5-15,22H,1-4H3,(H,29,33)(H,28,30,31). The van der Waals surface area contributed by atoms with Gasteiger partial charge in [0.2, 0.25) is 5.95 Å². The van der Waals surface area contributed by atoms with Crippen LogP contribution in [-0.4, -0.2) is 25.7 Å². The van der Waals surface area contributed by atoms with Gasteiger partial charge in [0.05, 0.1) is 17.5 Å². The average molecular weight is 471 g/mol. The largest absolute Gasteiger partial charge is 0.328 e. The molecule has 1 atom stereocenters. The molecule has 2 N–H and O–H groups in total. The van der Waals surface area contributed by atoms with Crippen molar-refractivity contribution in [2.45, 2.75) is 39.2 Å². The van der Waals surface area contributed by atoms with Crippen molar-refractivity contribution < 1.29 is 4.79 Å². The molecule has 0 spiro atoms. The Balaban J connectivity index is 1.53. The Hall–Kier alpha value is -3.78. The van der Waals surface area contributed by atoms with Crippen LogP contribution < -0.4 is 10.6 Å². The smallest absolute Gasteiger partial charge is 0.255 e. The summed E-state index contributed by atoms with van der Waals surface area (Å²) in [6, 6.07) is 15.6. The molecule has 0 saturated carbocycles. The van der Waals surface area contributed by atoms with E-state index in [4.69, 9.17) is 10.1 Å². The molecule has 0 fully saturated rings. The minimum absolute atomic E-state index is 0.0722. The fraction of sp³-hybridized carbons (Fsp3) is 0.231. The summed E-state index contributed by atoms with van der Waals surface area (Å²) >= 11 is 1.59. The van der Waals surface area contributed by atoms with Gasteiger partial charge in [0.25, 0.3) is 5.91 Å². The second kappa shape index (κ2) is 8.53. The van der Waals surface area contributed by atoms with Crippen LogP contribution in [0.5, 0.6) is 0 Å². The molecule has 3 aromatic heterocycles. The summed E-state index contributed by atoms with van der Waals surface area (Å²) < 4.78 is 1.81. The maximum atomic E-state index is 13.4. The van der Waals surface area contributed by atoms with Crippen molar-refractivity contribution in [2.75, 3.05) is 10.6 Å². The lowest BCUT2D eigenvalue weighted by Gasteiger charge is -2.27. The van der Waals surface area contributed by atoms with E-state index in [0.717, 1.165) is 16.1 Å². The fourth-order valence-corrected chi connectivity index (χ4v) is 4.85. The van der Waals surface area contributed by atoms with Gasteiger partial charge in [-0.2, -0.15) is 4.98 Å². The first-order valence-corrected chi connectivity index (χ1v) is 12.0. The first-order chi connectivity index (χ1) is 16.3. The van der Waals surface area contributed by atoms with Crippen LogP contribution in [0.15, 0.2) is 77.6 Å². The number of allylic oxidation sites excluding steroid dienone is 1. The van der Waals surface area contributed by atoms with Crippen molar-refractivity contribution in [3.63, 3.8) is 0 Å². The summed E-state index contributed by atoms with van der Waals surface area (Å²) in [5, 5.41) is 13.1. The van der Waals surface area contributed by atoms with E-state index < -0.39 is 0 Å². The second-order valence-corrected chi connectivity index (χ2v) is 10.3. The highest BCUT2D eigenvalue weighted by molar-refractivity contribution is 7.10. The molecule has 5 rings (SSSR count). The Bertz CT molecular complexity index is 1350. The Morgan fingerprint density at radius 1 is 1.12 bits per heavy atom. The van der Waals surface area contributed by atoms with Crippen molar-refractivity contribution in [1.29, 1.82) is 0 Å². The number of carbonyl (C=O) groups is 1. The Kier molecular flexibility index (Phi) is 5.53. The number of rotatable bonds is 4. The second-order valence-electron chi connectivity index (χ2n) is 9.31. The van der Waals surface area contributed by atoms with E-state index in [1.807, 2.05) is 35.2 Å². The monoisotopic (exact) mass is 470 g/mol. The van der Waals surface area contributed by atoms with E-state index in [-0.39, 0.29) is 17.4 Å². The predicted octanol–water partition coefficient (Wildman–Crippen LogP) is 5.63. The van der Waals surface area contributed by atoms with Crippen molar-refractivity contribution in [1.82, 2.24) is 19.7 Å². The molecule has 1 amide bonds. The highest BCUT2D eigenvalue weighted by atomic mass is 32.1. The van der Waals surface area contributed by atoms with E-state index >= 15 is 0 Å². The van der Waals surface area contributed by atoms with Gasteiger partial charge in [0.1, 0.15) is 6.04 Å². The van der Waals surface area contributed by atoms with Crippen LogP contribution in [0.4, 0.5) is 11.6 Å². The molecule has 0 bridgehead atoms. The molecule has 172 valence electrons. The van der Waals surface area contributed by atoms with Crippen LogP contribution in [0, 0.1) is 0 Å². The molecule has 4 aromatic rings. The minimum Gasteiger partial charge on any atom is -0.328 e. The van der Waals surface area contributed by atoms with E-state index in [2.05, 4.69) is 60.7 Å². The molecule has 0 saturated heterocycles. The summed E-state index contributed by atoms with van der Waals surface area (Å²) in [5.41, 5.74) is 4.24. The molecule has 0 radical (unpaired) electrons. The number of hydrogen-bond donors (Lipinski definition) is 2. The Labute approximate surface area is 202 Å². The van der Waals surface area contributed by atoms with E-state index in [1.54, 1.807) is 29.8 Å². The number of carbonyl (C=O) groups excluding carboxylic acids is 1. The number of aromatic nitrogens is 4. The Morgan fingerprint density at radius 3 is 2.56 bits per heavy atom. The average Bonchev–Trinajstić information content (AvgIpc) is 3.48. The molecule has 1 aliphatic rings. The first kappa shape index (κ1) is 22.0. The SMILES string of the molecule is CC1=C(C(=O)Nc2cccnc2)C(c2cccs2)n2nc(-c3ccc(C(C)(C)C)cc3)nc2N1. The fourth-order valence-electron chi connectivity index (χ4n) is 4.03. The first-order valence-electron chi connectivity index (χ1n) is 11.1. The van der Waals surface area contributed by atoms with Crippen molar-refractivity contribution >= 4 is 28.9 Å². The minimum atomic E-state index is -0.386. The summed E-state index contributed by atoms with van der Waals surface area (Å²) in [5.74, 6) is 1.03. The van der Waals surface area contributed by atoms with E-state index in [0.29, 0.717) is 23.0 Å². The molecule has 34 heavy (non-hydrogen) atoms. The zero-order valence-corrected chi connectivity index (χ0v) is 20.4. The number of amides is 1. The Morgan fingerprint density at radius 2 is 1.91 bits per heavy atom. The van der Waals surface area contributed by atoms with Gasteiger partial charge >= 0.3 is 0 Å². The zero-order valence-electron chi connectivity index (χ0n) is 19.5. The molecule has 8 heteroatoms. The molecular weight excluding hydrogens is 444 g/mol. The number of pyridine rings is 1. The summed E-state index contributed by atoms with van der Waals surface area (Å²) in [7, 11) is 0. The number of hydrogen-bond acceptors (Lipinski definition) is 6. The lowest BCUT2D eigenvalue weighted by molar-refractivity contribution is -0.113. The maximum Gasteiger partial charge on any atom is 0.255 e. The lowest BCUT2D eigenvalue weighted by atomic mass is 9.87. The molecule has 1 aliphatic heterocycles. The van der Waals surface area contributed by atoms with Crippen molar-refractivity contribution in [2.24, 2.45) is 0 Å². The van der Waals surface area contributed by atoms with E-state index in [1.165, 1.54) is 5.56 Å². The topological polar surface area (TPSA) is 84.7 Å². The molecular formula is C26H26N6OS. The number of nitrogens with one attached hydrogen (secondary N) is 2. The predicted molar refractivity (Wildman–Crippen MR) is 136 cm³/mol. The third-order valence-electron chi connectivity index (χ3n) is 5.84. The molecule has 4 heterocycles. The zero-order chi connectivity index (χ0) is 23.9. The van der Waals surface area contributed by atoms with Crippen molar-refractivity contribution in [3.8, 4) is 11.4 Å². The summed E-state index contributed by atoms with van der Waals surface area (Å²) in [6.45, 7) is 8.47. The van der Waals surface area contributed by atoms with Gasteiger partial charge in [-0.1, -0.05) is 51.1 Å². The van der Waals surface area contributed by atoms with Crippen LogP contribution >= 0.6 is 11.3 Å². The lowest BCUT2D eigenvalue weighted by Crippen LogP contribution is -2.31. The molecule has 1 aromatic carbocycles. The number of benzene rings is 1. The van der Waals surface area contributed by atoms with Gasteiger partial charge in [0.15, 0.2) is 5.82 Å². The number of anilines is 2. The number of nitrogens with zero attached hydrogens (tertiary/aromatic N) is 4. The highest BCUT2D eigenvalue weighted by Gasteiger charge is 2.35. The quantitative estimate of drug-likeness (QED) is 0.404. The van der Waals surface area contributed by atoms with Gasteiger partial charge in [0, 0.05) is 22.3 Å². The normalized spacial score (nSPS) is 15.6. The summed E-state index contributed by atoms with van der Waals surface area (Å²) in [6.07, 6.45) is 3.30. The van der Waals surface area contributed by atoms with Gasteiger partial charge in [-0.15, -0.1) is 16.4 Å². The van der Waals surface area contributed by atoms with E-state index in [9.17, 15) is 4.79 Å². The molecule has 0 aliphatic carbocycles. The van der Waals surface area contributed by atoms with Crippen molar-refractivity contribution in [3.05, 3.63) is 88.0 Å². The van der Waals surface area contributed by atoms with Crippen LogP contribution in [0.1, 0.15) is 44.2 Å². The third-order valence-corrected chi connectivity index (χ3v) is 6.76. The van der Waals surface area contributed by atoms with Gasteiger partial charge in [-0.25, -0.2) is 4.68 Å². The van der Waals surface area contributed by atoms with Crippen LogP contribution in [0.25, 0.3) is 11.4 Å². The van der Waals surface area contributed by atoms with Crippen LogP contribution in [0.2, 0.25) is 0 Å². The maximum absolute atomic E-state index is 13.4. The summed E-state index contributed by atoms with van der Waals surface area (Å²) in [4.78, 5) is 23.3. The highest BCUT2D eigenvalue weighted by Crippen LogP contribution is 2.38.